The van der Waals surface area contributed by atoms with Gasteiger partial charge in [0.25, 0.3) is 0 Å². The van der Waals surface area contributed by atoms with E-state index in [0.29, 0.717) is 5.88 Å². The van der Waals surface area contributed by atoms with Crippen LogP contribution in [0.4, 0.5) is 0 Å². The lowest BCUT2D eigenvalue weighted by Crippen LogP contribution is -1.96. The minimum atomic E-state index is 0.684. The summed E-state index contributed by atoms with van der Waals surface area (Å²) in [6, 6.07) is 3.96. The smallest absolute Gasteiger partial charge is 0.222 e. The van der Waals surface area contributed by atoms with Gasteiger partial charge in [0, 0.05) is 11.8 Å². The van der Waals surface area contributed by atoms with Gasteiger partial charge in [0.2, 0.25) is 5.88 Å². The topological polar surface area (TPSA) is 48.1 Å². The number of fused-ring (bicyclic) bond motifs is 1. The number of aryl methyl sites for hydroxylation is 1. The summed E-state index contributed by atoms with van der Waals surface area (Å²) < 4.78 is 5.69. The summed E-state index contributed by atoms with van der Waals surface area (Å²) in [7, 11) is 1.50. The van der Waals surface area contributed by atoms with E-state index in [1.54, 1.807) is 12.3 Å². The molecule has 2 rings (SSSR count). The van der Waals surface area contributed by atoms with Gasteiger partial charge in [-0.2, -0.15) is 0 Å². The van der Waals surface area contributed by atoms with Gasteiger partial charge in [-0.3, -0.25) is 0 Å². The van der Waals surface area contributed by atoms with Crippen LogP contribution in [0.3, 0.4) is 0 Å². The number of hydrogen-bond donors (Lipinski definition) is 1. The summed E-state index contributed by atoms with van der Waals surface area (Å²) in [6.07, 6.45) is 7.12. The summed E-state index contributed by atoms with van der Waals surface area (Å²) in [5.74, 6) is 1.45. The Morgan fingerprint density at radius 1 is 1.29 bits per heavy atom. The molecule has 0 amide bonds. The van der Waals surface area contributed by atoms with E-state index in [4.69, 9.17) is 4.74 Å². The molecule has 3 heteroatoms. The van der Waals surface area contributed by atoms with Crippen molar-refractivity contribution in [3.8, 4) is 5.88 Å². The standard InChI is InChI=1S/C13H13NO.CH5N/c1-3-10-7-8-11-6-5-9-14-13(11)15-12(10)4-2;1-2/h3-6,9H,1-2,7-8H2;2H2,1H3. The van der Waals surface area contributed by atoms with Crippen LogP contribution in [0.25, 0.3) is 0 Å². The molecule has 0 atom stereocenters. The van der Waals surface area contributed by atoms with Crippen molar-refractivity contribution < 1.29 is 4.74 Å². The first-order chi connectivity index (χ1) is 8.35. The highest BCUT2D eigenvalue weighted by Crippen LogP contribution is 2.27. The first-order valence-corrected chi connectivity index (χ1v) is 5.52. The van der Waals surface area contributed by atoms with Crippen LogP contribution in [0, 0.1) is 0 Å². The Balaban J connectivity index is 0.000000686. The van der Waals surface area contributed by atoms with Crippen LogP contribution < -0.4 is 10.5 Å². The molecule has 0 unspecified atom stereocenters. The molecule has 3 nitrogen and oxygen atoms in total. The number of allylic oxidation sites excluding steroid dienone is 3. The molecule has 0 bridgehead atoms. The molecular weight excluding hydrogens is 212 g/mol. The third-order valence-electron chi connectivity index (χ3n) is 2.47. The van der Waals surface area contributed by atoms with Crippen LogP contribution in [0.15, 0.2) is 55.0 Å². The zero-order valence-corrected chi connectivity index (χ0v) is 10.1. The summed E-state index contributed by atoms with van der Waals surface area (Å²) in [5.41, 5.74) is 6.72. The normalized spacial score (nSPS) is 13.5. The molecule has 17 heavy (non-hydrogen) atoms. The predicted molar refractivity (Wildman–Crippen MR) is 70.7 cm³/mol. The van der Waals surface area contributed by atoms with Crippen molar-refractivity contribution in [1.29, 1.82) is 0 Å². The van der Waals surface area contributed by atoms with Crippen molar-refractivity contribution in [1.82, 2.24) is 4.98 Å². The number of nitrogens with zero attached hydrogens (tertiary/aromatic N) is 1. The van der Waals surface area contributed by atoms with Gasteiger partial charge in [-0.05, 0) is 37.6 Å². The molecule has 2 N–H and O–H groups in total. The summed E-state index contributed by atoms with van der Waals surface area (Å²) in [5, 5.41) is 0. The number of nitrogens with two attached hydrogens (primary N) is 1. The van der Waals surface area contributed by atoms with Crippen molar-refractivity contribution >= 4 is 0 Å². The Kier molecular flexibility index (Phi) is 5.17. The fourth-order valence-electron chi connectivity index (χ4n) is 1.64. The van der Waals surface area contributed by atoms with Crippen molar-refractivity contribution in [3.63, 3.8) is 0 Å². The molecule has 0 radical (unpaired) electrons. The third-order valence-corrected chi connectivity index (χ3v) is 2.47. The molecule has 90 valence electrons. The zero-order chi connectivity index (χ0) is 12.7. The maximum atomic E-state index is 5.69. The van der Waals surface area contributed by atoms with Crippen LogP contribution >= 0.6 is 0 Å². The molecule has 0 saturated carbocycles. The molecule has 1 aliphatic rings. The lowest BCUT2D eigenvalue weighted by molar-refractivity contribution is 0.422. The first-order valence-electron chi connectivity index (χ1n) is 5.52. The predicted octanol–water partition coefficient (Wildman–Crippen LogP) is 2.61. The van der Waals surface area contributed by atoms with E-state index in [1.165, 1.54) is 7.05 Å². The highest BCUT2D eigenvalue weighted by Gasteiger charge is 2.14. The maximum Gasteiger partial charge on any atom is 0.222 e. The van der Waals surface area contributed by atoms with E-state index < -0.39 is 0 Å². The van der Waals surface area contributed by atoms with Crippen molar-refractivity contribution in [3.05, 3.63) is 60.5 Å². The van der Waals surface area contributed by atoms with Gasteiger partial charge in [-0.25, -0.2) is 4.98 Å². The molecule has 1 aliphatic heterocycles. The summed E-state index contributed by atoms with van der Waals surface area (Å²) >= 11 is 0. The monoisotopic (exact) mass is 230 g/mol. The Hall–Kier alpha value is -1.87. The third kappa shape index (κ3) is 3.04. The molecule has 0 saturated heterocycles. The van der Waals surface area contributed by atoms with E-state index in [2.05, 4.69) is 23.9 Å². The quantitative estimate of drug-likeness (QED) is 0.849. The first kappa shape index (κ1) is 13.2. The van der Waals surface area contributed by atoms with E-state index in [0.717, 1.165) is 29.7 Å². The van der Waals surface area contributed by atoms with E-state index in [9.17, 15) is 0 Å². The second-order valence-corrected chi connectivity index (χ2v) is 3.37. The Morgan fingerprint density at radius 2 is 2.06 bits per heavy atom. The van der Waals surface area contributed by atoms with Gasteiger partial charge in [0.1, 0.15) is 5.76 Å². The molecule has 0 aromatic carbocycles. The highest BCUT2D eigenvalue weighted by molar-refractivity contribution is 5.37. The van der Waals surface area contributed by atoms with Crippen molar-refractivity contribution in [2.75, 3.05) is 7.05 Å². The van der Waals surface area contributed by atoms with E-state index in [1.807, 2.05) is 18.2 Å². The van der Waals surface area contributed by atoms with E-state index >= 15 is 0 Å². The fraction of sp³-hybridized carbons (Fsp3) is 0.214. The molecule has 0 aliphatic carbocycles. The molecule has 2 heterocycles. The number of pyridine rings is 1. The molecule has 0 spiro atoms. The van der Waals surface area contributed by atoms with Crippen molar-refractivity contribution in [2.24, 2.45) is 5.73 Å². The van der Waals surface area contributed by atoms with Gasteiger partial charge < -0.3 is 10.5 Å². The Labute approximate surface area is 102 Å². The number of hydrogen-bond acceptors (Lipinski definition) is 3. The van der Waals surface area contributed by atoms with Gasteiger partial charge in [0.05, 0.1) is 0 Å². The number of ether oxygens (including phenoxy) is 1. The summed E-state index contributed by atoms with van der Waals surface area (Å²) in [6.45, 7) is 7.52. The van der Waals surface area contributed by atoms with Crippen LogP contribution in [-0.4, -0.2) is 12.0 Å². The minimum Gasteiger partial charge on any atom is -0.438 e. The average molecular weight is 230 g/mol. The number of rotatable bonds is 2. The van der Waals surface area contributed by atoms with Gasteiger partial charge in [0.15, 0.2) is 0 Å². The van der Waals surface area contributed by atoms with Gasteiger partial charge in [-0.15, -0.1) is 0 Å². The van der Waals surface area contributed by atoms with Crippen LogP contribution in [0.5, 0.6) is 5.88 Å². The molecule has 1 aromatic rings. The zero-order valence-electron chi connectivity index (χ0n) is 10.1. The average Bonchev–Trinajstić information content (AvgIpc) is 2.59. The fourth-order valence-corrected chi connectivity index (χ4v) is 1.64. The molecule has 1 aromatic heterocycles. The minimum absolute atomic E-state index is 0.684. The van der Waals surface area contributed by atoms with Gasteiger partial charge >= 0.3 is 0 Å². The second-order valence-electron chi connectivity index (χ2n) is 3.37. The molecular formula is C14H18N2O. The van der Waals surface area contributed by atoms with Gasteiger partial charge in [-0.1, -0.05) is 25.3 Å². The Bertz CT molecular complexity index is 436. The molecule has 0 fully saturated rings. The van der Waals surface area contributed by atoms with Crippen molar-refractivity contribution in [2.45, 2.75) is 12.8 Å². The second kappa shape index (κ2) is 6.66. The number of aromatic nitrogens is 1. The SMILES string of the molecule is C=CC1=C(C=C)Oc2ncccc2CC1.CN. The lowest BCUT2D eigenvalue weighted by Gasteiger charge is -2.06. The van der Waals surface area contributed by atoms with Crippen LogP contribution in [-0.2, 0) is 6.42 Å². The largest absolute Gasteiger partial charge is 0.438 e. The van der Waals surface area contributed by atoms with Crippen LogP contribution in [0.2, 0.25) is 0 Å². The highest BCUT2D eigenvalue weighted by atomic mass is 16.5. The van der Waals surface area contributed by atoms with E-state index in [-0.39, 0.29) is 0 Å². The Morgan fingerprint density at radius 3 is 2.71 bits per heavy atom. The maximum absolute atomic E-state index is 5.69. The van der Waals surface area contributed by atoms with Crippen LogP contribution in [0.1, 0.15) is 12.0 Å². The summed E-state index contributed by atoms with van der Waals surface area (Å²) in [4.78, 5) is 4.21. The lowest BCUT2D eigenvalue weighted by atomic mass is 10.1.